The van der Waals surface area contributed by atoms with Crippen LogP contribution in [0.4, 0.5) is 18.9 Å². The number of aryl methyl sites for hydroxylation is 1. The summed E-state index contributed by atoms with van der Waals surface area (Å²) in [4.78, 5) is 12.2. The molecular formula is C18H14F3N3O. The minimum absolute atomic E-state index is 0.246. The summed E-state index contributed by atoms with van der Waals surface area (Å²) in [6.45, 7) is 1.84. The van der Waals surface area contributed by atoms with Crippen LogP contribution in [0.5, 0.6) is 0 Å². The van der Waals surface area contributed by atoms with Crippen LogP contribution in [0.15, 0.2) is 60.8 Å². The number of nitrogens with one attached hydrogen (secondary N) is 1. The molecule has 3 rings (SSSR count). The molecule has 0 bridgehead atoms. The lowest BCUT2D eigenvalue weighted by atomic mass is 10.1. The number of benzene rings is 2. The molecule has 0 aliphatic carbocycles. The van der Waals surface area contributed by atoms with E-state index in [1.807, 2.05) is 19.1 Å². The molecule has 2 aromatic carbocycles. The van der Waals surface area contributed by atoms with E-state index in [2.05, 4.69) is 10.4 Å². The van der Waals surface area contributed by atoms with Crippen LogP contribution < -0.4 is 5.32 Å². The van der Waals surface area contributed by atoms with Crippen molar-refractivity contribution in [2.75, 3.05) is 5.32 Å². The smallest absolute Gasteiger partial charge is 0.322 e. The number of nitrogens with zero attached hydrogens (tertiary/aromatic N) is 2. The first-order valence-corrected chi connectivity index (χ1v) is 7.45. The maximum atomic E-state index is 12.6. The normalized spacial score (nSPS) is 11.4. The number of carbonyl (C=O) groups is 1. The fraction of sp³-hybridized carbons (Fsp3) is 0.111. The molecule has 0 radical (unpaired) electrons. The highest BCUT2D eigenvalue weighted by atomic mass is 19.4. The lowest BCUT2D eigenvalue weighted by Gasteiger charge is -2.08. The van der Waals surface area contributed by atoms with Crippen molar-refractivity contribution in [3.8, 4) is 5.69 Å². The zero-order valence-electron chi connectivity index (χ0n) is 13.2. The van der Waals surface area contributed by atoms with Crippen molar-refractivity contribution in [2.45, 2.75) is 13.1 Å². The van der Waals surface area contributed by atoms with Crippen LogP contribution in [-0.2, 0) is 6.18 Å². The third kappa shape index (κ3) is 3.71. The van der Waals surface area contributed by atoms with E-state index in [9.17, 15) is 18.0 Å². The molecule has 128 valence electrons. The first-order valence-electron chi connectivity index (χ1n) is 7.45. The summed E-state index contributed by atoms with van der Waals surface area (Å²) in [7, 11) is 0. The largest absolute Gasteiger partial charge is 0.435 e. The topological polar surface area (TPSA) is 46.9 Å². The van der Waals surface area contributed by atoms with Gasteiger partial charge >= 0.3 is 6.18 Å². The minimum atomic E-state index is -4.48. The first kappa shape index (κ1) is 16.8. The Morgan fingerprint density at radius 3 is 2.32 bits per heavy atom. The molecular weight excluding hydrogens is 331 g/mol. The van der Waals surface area contributed by atoms with Crippen LogP contribution in [0, 0.1) is 6.92 Å². The molecule has 0 saturated carbocycles. The lowest BCUT2D eigenvalue weighted by molar-refractivity contribution is -0.141. The second-order valence-corrected chi connectivity index (χ2v) is 5.46. The molecule has 1 amide bonds. The van der Waals surface area contributed by atoms with E-state index < -0.39 is 11.9 Å². The molecule has 0 aliphatic heterocycles. The summed E-state index contributed by atoms with van der Waals surface area (Å²) in [5.41, 5.74) is 1.47. The van der Waals surface area contributed by atoms with Crippen molar-refractivity contribution < 1.29 is 18.0 Å². The highest BCUT2D eigenvalue weighted by Gasteiger charge is 2.33. The average Bonchev–Trinajstić information content (AvgIpc) is 3.06. The maximum Gasteiger partial charge on any atom is 0.435 e. The Balaban J connectivity index is 1.75. The predicted molar refractivity (Wildman–Crippen MR) is 87.7 cm³/mol. The van der Waals surface area contributed by atoms with E-state index in [-0.39, 0.29) is 5.91 Å². The number of carbonyl (C=O) groups excluding carboxylic acids is 1. The number of rotatable bonds is 3. The van der Waals surface area contributed by atoms with E-state index >= 15 is 0 Å². The van der Waals surface area contributed by atoms with E-state index in [0.717, 1.165) is 16.3 Å². The van der Waals surface area contributed by atoms with Crippen LogP contribution in [0.1, 0.15) is 21.6 Å². The fourth-order valence-corrected chi connectivity index (χ4v) is 2.34. The van der Waals surface area contributed by atoms with Crippen LogP contribution in [0.3, 0.4) is 0 Å². The third-order valence-corrected chi connectivity index (χ3v) is 3.66. The van der Waals surface area contributed by atoms with Gasteiger partial charge in [0.15, 0.2) is 5.69 Å². The van der Waals surface area contributed by atoms with Crippen molar-refractivity contribution in [3.05, 3.63) is 77.6 Å². The average molecular weight is 345 g/mol. The van der Waals surface area contributed by atoms with Gasteiger partial charge in [0.05, 0.1) is 5.69 Å². The standard InChI is InChI=1S/C18H14F3N3O/c1-12-4-2-3-5-15(12)17(25)22-13-6-8-14(9-7-13)24-11-10-16(23-24)18(19,20)21/h2-11H,1H3,(H,22,25). The van der Waals surface area contributed by atoms with Gasteiger partial charge in [0, 0.05) is 17.4 Å². The molecule has 0 unspecified atom stereocenters. The van der Waals surface area contributed by atoms with E-state index in [1.165, 1.54) is 6.20 Å². The van der Waals surface area contributed by atoms with Gasteiger partial charge in [-0.25, -0.2) is 4.68 Å². The molecule has 0 saturated heterocycles. The maximum absolute atomic E-state index is 12.6. The number of alkyl halides is 3. The monoisotopic (exact) mass is 345 g/mol. The fourth-order valence-electron chi connectivity index (χ4n) is 2.34. The number of hydrogen-bond acceptors (Lipinski definition) is 2. The highest BCUT2D eigenvalue weighted by molar-refractivity contribution is 6.05. The molecule has 0 atom stereocenters. The number of aromatic nitrogens is 2. The molecule has 1 heterocycles. The molecule has 1 aromatic heterocycles. The zero-order valence-corrected chi connectivity index (χ0v) is 13.2. The quantitative estimate of drug-likeness (QED) is 0.762. The Morgan fingerprint density at radius 2 is 1.72 bits per heavy atom. The molecule has 3 aromatic rings. The third-order valence-electron chi connectivity index (χ3n) is 3.66. The molecule has 0 fully saturated rings. The molecule has 4 nitrogen and oxygen atoms in total. The van der Waals surface area contributed by atoms with E-state index in [1.54, 1.807) is 36.4 Å². The van der Waals surface area contributed by atoms with Gasteiger partial charge in [0.25, 0.3) is 5.91 Å². The number of anilines is 1. The van der Waals surface area contributed by atoms with Crippen molar-refractivity contribution >= 4 is 11.6 Å². The summed E-state index contributed by atoms with van der Waals surface area (Å²) >= 11 is 0. The molecule has 0 spiro atoms. The second kappa shape index (κ2) is 6.43. The Bertz CT molecular complexity index is 898. The second-order valence-electron chi connectivity index (χ2n) is 5.46. The Labute approximate surface area is 141 Å². The lowest BCUT2D eigenvalue weighted by Crippen LogP contribution is -2.13. The van der Waals surface area contributed by atoms with Crippen molar-refractivity contribution in [3.63, 3.8) is 0 Å². The molecule has 7 heteroatoms. The highest BCUT2D eigenvalue weighted by Crippen LogP contribution is 2.28. The number of halogens is 3. The van der Waals surface area contributed by atoms with Crippen molar-refractivity contribution in [2.24, 2.45) is 0 Å². The van der Waals surface area contributed by atoms with Crippen molar-refractivity contribution in [1.82, 2.24) is 9.78 Å². The molecule has 0 aliphatic rings. The minimum Gasteiger partial charge on any atom is -0.322 e. The van der Waals surface area contributed by atoms with Crippen LogP contribution in [-0.4, -0.2) is 15.7 Å². The van der Waals surface area contributed by atoms with Crippen LogP contribution >= 0.6 is 0 Å². The van der Waals surface area contributed by atoms with Gasteiger partial charge in [-0.1, -0.05) is 18.2 Å². The summed E-state index contributed by atoms with van der Waals surface area (Å²) in [6.07, 6.45) is -3.24. The summed E-state index contributed by atoms with van der Waals surface area (Å²) < 4.78 is 38.9. The summed E-state index contributed by atoms with van der Waals surface area (Å²) in [6, 6.07) is 14.5. The Hall–Kier alpha value is -3.09. The predicted octanol–water partition coefficient (Wildman–Crippen LogP) is 4.45. The number of hydrogen-bond donors (Lipinski definition) is 1. The first-order chi connectivity index (χ1) is 11.8. The van der Waals surface area contributed by atoms with E-state index in [0.29, 0.717) is 16.9 Å². The van der Waals surface area contributed by atoms with Crippen molar-refractivity contribution in [1.29, 1.82) is 0 Å². The Morgan fingerprint density at radius 1 is 1.04 bits per heavy atom. The summed E-state index contributed by atoms with van der Waals surface area (Å²) in [5.74, 6) is -0.246. The van der Waals surface area contributed by atoms with Gasteiger partial charge in [-0.2, -0.15) is 18.3 Å². The summed E-state index contributed by atoms with van der Waals surface area (Å²) in [5, 5.41) is 6.26. The van der Waals surface area contributed by atoms with E-state index in [4.69, 9.17) is 0 Å². The Kier molecular flexibility index (Phi) is 4.31. The van der Waals surface area contributed by atoms with Crippen LogP contribution in [0.2, 0.25) is 0 Å². The van der Waals surface area contributed by atoms with Gasteiger partial charge in [-0.15, -0.1) is 0 Å². The van der Waals surface area contributed by atoms with Crippen LogP contribution in [0.25, 0.3) is 5.69 Å². The van der Waals surface area contributed by atoms with Gasteiger partial charge in [0.2, 0.25) is 0 Å². The molecule has 1 N–H and O–H groups in total. The molecule has 25 heavy (non-hydrogen) atoms. The van der Waals surface area contributed by atoms with Gasteiger partial charge in [-0.3, -0.25) is 4.79 Å². The van der Waals surface area contributed by atoms with Gasteiger partial charge < -0.3 is 5.32 Å². The number of amides is 1. The van der Waals surface area contributed by atoms with Gasteiger partial charge in [-0.05, 0) is 48.9 Å². The van der Waals surface area contributed by atoms with Gasteiger partial charge in [0.1, 0.15) is 0 Å². The SMILES string of the molecule is Cc1ccccc1C(=O)Nc1ccc(-n2ccc(C(F)(F)F)n2)cc1. The zero-order chi connectivity index (χ0) is 18.0.